The molecule has 0 amide bonds. The lowest BCUT2D eigenvalue weighted by Crippen LogP contribution is -2.16. The van der Waals surface area contributed by atoms with Gasteiger partial charge in [0.15, 0.2) is 0 Å². The van der Waals surface area contributed by atoms with Crippen LogP contribution in [0.1, 0.15) is 6.92 Å². The summed E-state index contributed by atoms with van der Waals surface area (Å²) in [5.41, 5.74) is -0.853. The van der Waals surface area contributed by atoms with E-state index >= 15 is 0 Å². The van der Waals surface area contributed by atoms with Crippen molar-refractivity contribution in [3.8, 4) is 0 Å². The molecule has 1 aromatic rings. The maximum absolute atomic E-state index is 12.0. The van der Waals surface area contributed by atoms with E-state index in [4.69, 9.17) is 22.8 Å². The van der Waals surface area contributed by atoms with Crippen LogP contribution >= 0.6 is 29.3 Å². The summed E-state index contributed by atoms with van der Waals surface area (Å²) in [6.45, 7) is -1.73. The summed E-state index contributed by atoms with van der Waals surface area (Å²) in [4.78, 5) is 10.9. The predicted molar refractivity (Wildman–Crippen MR) is 59.9 cm³/mol. The topological polar surface area (TPSA) is 34.1 Å². The lowest BCUT2D eigenvalue weighted by atomic mass is 10.4. The first kappa shape index (κ1) is 11.8. The molecule has 5 heteroatoms. The van der Waals surface area contributed by atoms with Gasteiger partial charge in [-0.15, -0.1) is 0 Å². The number of rotatable bonds is 3. The minimum absolute atomic E-state index is 0.461. The van der Waals surface area contributed by atoms with E-state index in [-0.39, 0.29) is 0 Å². The van der Waals surface area contributed by atoms with Gasteiger partial charge in [-0.1, -0.05) is 30.3 Å². The average Bonchev–Trinajstić information content (AvgIpc) is 2.18. The molecule has 0 bridgehead atoms. The smallest absolute Gasteiger partial charge is 0.233 e. The maximum Gasteiger partial charge on any atom is 0.233 e. The Balaban J connectivity index is 3.09. The van der Waals surface area contributed by atoms with E-state index in [2.05, 4.69) is 0 Å². The molecule has 2 atom stereocenters. The zero-order chi connectivity index (χ0) is 10.8. The van der Waals surface area contributed by atoms with E-state index in [0.29, 0.717) is 5.30 Å². The second-order valence-electron chi connectivity index (χ2n) is 2.89. The molecular weight excluding hydrogens is 242 g/mol. The van der Waals surface area contributed by atoms with Crippen LogP contribution in [0.2, 0.25) is 0 Å². The van der Waals surface area contributed by atoms with Gasteiger partial charge in [0.05, 0.1) is 0 Å². The SMILES string of the molecule is CC(C(=O)Cl)P(=O)(Cl)c1ccccc1. The fourth-order valence-corrected chi connectivity index (χ4v) is 3.44. The lowest BCUT2D eigenvalue weighted by molar-refractivity contribution is -0.111. The minimum atomic E-state index is -3.20. The first-order valence-corrected chi connectivity index (χ1v) is 7.06. The molecule has 14 heavy (non-hydrogen) atoms. The third kappa shape index (κ3) is 2.38. The first-order valence-electron chi connectivity index (χ1n) is 4.00. The van der Waals surface area contributed by atoms with Crippen LogP contribution in [0.4, 0.5) is 0 Å². The molecule has 1 rings (SSSR count). The third-order valence-corrected chi connectivity index (χ3v) is 6.11. The van der Waals surface area contributed by atoms with Gasteiger partial charge in [-0.05, 0) is 29.8 Å². The van der Waals surface area contributed by atoms with E-state index in [9.17, 15) is 9.36 Å². The van der Waals surface area contributed by atoms with Crippen LogP contribution in [-0.2, 0) is 9.36 Å². The normalized spacial score (nSPS) is 17.1. The van der Waals surface area contributed by atoms with Gasteiger partial charge in [-0.2, -0.15) is 0 Å². The highest BCUT2D eigenvalue weighted by atomic mass is 35.7. The Kier molecular flexibility index (Phi) is 3.77. The van der Waals surface area contributed by atoms with Crippen LogP contribution < -0.4 is 5.30 Å². The van der Waals surface area contributed by atoms with Gasteiger partial charge in [0.2, 0.25) is 11.7 Å². The van der Waals surface area contributed by atoms with Gasteiger partial charge in [0.1, 0.15) is 5.66 Å². The van der Waals surface area contributed by atoms with Gasteiger partial charge in [0.25, 0.3) is 0 Å². The Morgan fingerprint density at radius 2 is 1.86 bits per heavy atom. The van der Waals surface area contributed by atoms with Crippen LogP contribution in [0.15, 0.2) is 30.3 Å². The van der Waals surface area contributed by atoms with Gasteiger partial charge < -0.3 is 4.57 Å². The Hall–Kier alpha value is -0.300. The molecule has 2 unspecified atom stereocenters. The summed E-state index contributed by atoms with van der Waals surface area (Å²) in [6, 6.07) is 8.48. The van der Waals surface area contributed by atoms with Crippen molar-refractivity contribution in [2.45, 2.75) is 12.6 Å². The molecule has 0 N–H and O–H groups in total. The molecule has 1 aromatic carbocycles. The van der Waals surface area contributed by atoms with Crippen molar-refractivity contribution in [3.63, 3.8) is 0 Å². The highest BCUT2D eigenvalue weighted by Crippen LogP contribution is 2.55. The van der Waals surface area contributed by atoms with Gasteiger partial charge in [-0.25, -0.2) is 0 Å². The zero-order valence-corrected chi connectivity index (χ0v) is 9.89. The number of benzene rings is 1. The van der Waals surface area contributed by atoms with Crippen LogP contribution in [0.3, 0.4) is 0 Å². The molecular formula is C9H9Cl2O2P. The van der Waals surface area contributed by atoms with Gasteiger partial charge >= 0.3 is 0 Å². The summed E-state index contributed by atoms with van der Waals surface area (Å²) in [6.07, 6.45) is 0. The number of hydrogen-bond acceptors (Lipinski definition) is 2. The molecule has 2 nitrogen and oxygen atoms in total. The summed E-state index contributed by atoms with van der Waals surface area (Å²) < 4.78 is 12.0. The van der Waals surface area contributed by atoms with E-state index in [1.807, 2.05) is 0 Å². The quantitative estimate of drug-likeness (QED) is 0.611. The van der Waals surface area contributed by atoms with Crippen molar-refractivity contribution in [2.24, 2.45) is 0 Å². The maximum atomic E-state index is 12.0. The summed E-state index contributed by atoms with van der Waals surface area (Å²) in [5.74, 6) is 0. The minimum Gasteiger partial charge on any atom is -0.301 e. The Bertz CT molecular complexity index is 378. The van der Waals surface area contributed by atoms with E-state index in [1.165, 1.54) is 6.92 Å². The summed E-state index contributed by atoms with van der Waals surface area (Å²) in [5, 5.41) is -0.213. The average molecular weight is 251 g/mol. The summed E-state index contributed by atoms with van der Waals surface area (Å²) >= 11 is 11.1. The van der Waals surface area contributed by atoms with Crippen molar-refractivity contribution < 1.29 is 9.36 Å². The van der Waals surface area contributed by atoms with Crippen molar-refractivity contribution in [3.05, 3.63) is 30.3 Å². The van der Waals surface area contributed by atoms with Crippen LogP contribution in [0, 0.1) is 0 Å². The molecule has 0 radical (unpaired) electrons. The Labute approximate surface area is 92.4 Å². The van der Waals surface area contributed by atoms with Crippen molar-refractivity contribution in [1.29, 1.82) is 0 Å². The molecule has 0 saturated heterocycles. The number of carbonyl (C=O) groups is 1. The number of hydrogen-bond donors (Lipinski definition) is 0. The molecule has 0 aromatic heterocycles. The van der Waals surface area contributed by atoms with Gasteiger partial charge in [0, 0.05) is 5.30 Å². The molecule has 0 aliphatic heterocycles. The van der Waals surface area contributed by atoms with Crippen molar-refractivity contribution >= 4 is 39.9 Å². The highest BCUT2D eigenvalue weighted by Gasteiger charge is 2.33. The Morgan fingerprint density at radius 3 is 2.29 bits per heavy atom. The van der Waals surface area contributed by atoms with E-state index in [1.54, 1.807) is 30.3 Å². The van der Waals surface area contributed by atoms with Crippen LogP contribution in [-0.4, -0.2) is 10.9 Å². The predicted octanol–water partition coefficient (Wildman–Crippen LogP) is 2.98. The molecule has 0 saturated carbocycles. The Morgan fingerprint density at radius 1 is 1.36 bits per heavy atom. The van der Waals surface area contributed by atoms with Crippen LogP contribution in [0.25, 0.3) is 0 Å². The second-order valence-corrected chi connectivity index (χ2v) is 7.22. The van der Waals surface area contributed by atoms with E-state index in [0.717, 1.165) is 0 Å². The van der Waals surface area contributed by atoms with Crippen LogP contribution in [0.5, 0.6) is 0 Å². The highest BCUT2D eigenvalue weighted by molar-refractivity contribution is 7.96. The van der Waals surface area contributed by atoms with Gasteiger partial charge in [-0.3, -0.25) is 4.79 Å². The van der Waals surface area contributed by atoms with E-state index < -0.39 is 17.4 Å². The van der Waals surface area contributed by atoms with Crippen molar-refractivity contribution in [1.82, 2.24) is 0 Å². The molecule has 0 fully saturated rings. The fourth-order valence-electron chi connectivity index (χ4n) is 0.985. The molecule has 0 aliphatic carbocycles. The summed E-state index contributed by atoms with van der Waals surface area (Å²) in [7, 11) is 0. The largest absolute Gasteiger partial charge is 0.301 e. The fraction of sp³-hybridized carbons (Fsp3) is 0.222. The first-order chi connectivity index (χ1) is 6.46. The molecule has 76 valence electrons. The number of carbonyl (C=O) groups excluding carboxylic acids is 1. The molecule has 0 heterocycles. The standard InChI is InChI=1S/C9H9Cl2O2P/c1-7(9(10)12)14(11,13)8-5-3-2-4-6-8/h2-7H,1H3. The number of halogens is 2. The third-order valence-electron chi connectivity index (χ3n) is 1.93. The van der Waals surface area contributed by atoms with Crippen molar-refractivity contribution in [2.75, 3.05) is 0 Å². The monoisotopic (exact) mass is 250 g/mol. The molecule has 0 spiro atoms. The second kappa shape index (κ2) is 4.48. The lowest BCUT2D eigenvalue weighted by Gasteiger charge is -2.14. The zero-order valence-electron chi connectivity index (χ0n) is 7.48. The molecule has 0 aliphatic rings.